The SMILES string of the molecule is C[C@@H]1C(=O)N(C)c2ccc(I)nc2N1C(=O)OC(C)(C)C. The number of hydrogen-bond acceptors (Lipinski definition) is 4. The standard InChI is InChI=1S/C14H18IN3O3/c1-8-12(19)17(5)9-6-7-10(15)16-11(9)18(8)13(20)21-14(2,3)4/h6-8H,1-5H3/t8-/m1/s1. The fourth-order valence-corrected chi connectivity index (χ4v) is 2.51. The Balaban J connectivity index is 2.50. The molecule has 0 unspecified atom stereocenters. The van der Waals surface area contributed by atoms with E-state index in [-0.39, 0.29) is 5.91 Å². The molecular formula is C14H18IN3O3. The Kier molecular flexibility index (Phi) is 4.14. The van der Waals surface area contributed by atoms with E-state index in [4.69, 9.17) is 4.74 Å². The molecule has 2 heterocycles. The second-order valence-corrected chi connectivity index (χ2v) is 7.01. The molecule has 2 amide bonds. The Morgan fingerprint density at radius 3 is 2.57 bits per heavy atom. The molecule has 0 aromatic carbocycles. The maximum atomic E-state index is 12.4. The van der Waals surface area contributed by atoms with Crippen LogP contribution in [0.1, 0.15) is 27.7 Å². The maximum absolute atomic E-state index is 12.4. The first-order valence-electron chi connectivity index (χ1n) is 6.58. The molecule has 1 aliphatic heterocycles. The minimum absolute atomic E-state index is 0.170. The number of nitrogens with zero attached hydrogens (tertiary/aromatic N) is 3. The van der Waals surface area contributed by atoms with E-state index in [1.165, 1.54) is 9.80 Å². The van der Waals surface area contributed by atoms with Crippen molar-refractivity contribution in [3.05, 3.63) is 15.8 Å². The molecule has 0 N–H and O–H groups in total. The predicted octanol–water partition coefficient (Wildman–Crippen LogP) is 2.79. The van der Waals surface area contributed by atoms with Crippen molar-refractivity contribution in [3.8, 4) is 0 Å². The second-order valence-electron chi connectivity index (χ2n) is 5.90. The lowest BCUT2D eigenvalue weighted by Crippen LogP contribution is -2.54. The van der Waals surface area contributed by atoms with Gasteiger partial charge in [0.25, 0.3) is 0 Å². The predicted molar refractivity (Wildman–Crippen MR) is 88.5 cm³/mol. The number of pyridine rings is 1. The largest absolute Gasteiger partial charge is 0.443 e. The molecule has 6 nitrogen and oxygen atoms in total. The van der Waals surface area contributed by atoms with Crippen molar-refractivity contribution in [2.75, 3.05) is 16.8 Å². The fraction of sp³-hybridized carbons (Fsp3) is 0.500. The highest BCUT2D eigenvalue weighted by atomic mass is 127. The zero-order chi connectivity index (χ0) is 15.9. The first kappa shape index (κ1) is 16.0. The van der Waals surface area contributed by atoms with Gasteiger partial charge in [-0.1, -0.05) is 0 Å². The van der Waals surface area contributed by atoms with Crippen molar-refractivity contribution in [2.45, 2.75) is 39.3 Å². The van der Waals surface area contributed by atoms with Crippen molar-refractivity contribution in [2.24, 2.45) is 0 Å². The topological polar surface area (TPSA) is 62.7 Å². The normalized spacial score (nSPS) is 18.6. The number of likely N-dealkylation sites (N-methyl/N-ethyl adjacent to an activating group) is 1. The number of fused-ring (bicyclic) bond motifs is 1. The van der Waals surface area contributed by atoms with Crippen LogP contribution in [-0.4, -0.2) is 35.7 Å². The van der Waals surface area contributed by atoms with Crippen molar-refractivity contribution < 1.29 is 14.3 Å². The molecular weight excluding hydrogens is 385 g/mol. The second kappa shape index (κ2) is 5.43. The molecule has 0 saturated heterocycles. The summed E-state index contributed by atoms with van der Waals surface area (Å²) in [5.41, 5.74) is -0.0324. The summed E-state index contributed by atoms with van der Waals surface area (Å²) in [7, 11) is 1.68. The van der Waals surface area contributed by atoms with Crippen LogP contribution >= 0.6 is 22.6 Å². The van der Waals surface area contributed by atoms with E-state index in [2.05, 4.69) is 27.6 Å². The van der Waals surface area contributed by atoms with Crippen LogP contribution in [0.4, 0.5) is 16.3 Å². The summed E-state index contributed by atoms with van der Waals surface area (Å²) in [6.45, 7) is 7.04. The van der Waals surface area contributed by atoms with Crippen LogP contribution in [-0.2, 0) is 9.53 Å². The van der Waals surface area contributed by atoms with E-state index in [0.717, 1.165) is 3.70 Å². The number of rotatable bonds is 0. The van der Waals surface area contributed by atoms with Crippen molar-refractivity contribution in [1.82, 2.24) is 4.98 Å². The van der Waals surface area contributed by atoms with Gasteiger partial charge in [0.05, 0.1) is 5.69 Å². The van der Waals surface area contributed by atoms with Crippen LogP contribution in [0.15, 0.2) is 12.1 Å². The molecule has 0 radical (unpaired) electrons. The van der Waals surface area contributed by atoms with E-state index >= 15 is 0 Å². The summed E-state index contributed by atoms with van der Waals surface area (Å²) in [5.74, 6) is 0.280. The Morgan fingerprint density at radius 2 is 2.00 bits per heavy atom. The third kappa shape index (κ3) is 3.12. The average molecular weight is 403 g/mol. The van der Waals surface area contributed by atoms with Gasteiger partial charge >= 0.3 is 6.09 Å². The van der Waals surface area contributed by atoms with Crippen LogP contribution in [0.2, 0.25) is 0 Å². The Morgan fingerprint density at radius 1 is 1.38 bits per heavy atom. The number of ether oxygens (including phenoxy) is 1. The smallest absolute Gasteiger partial charge is 0.416 e. The number of halogens is 1. The van der Waals surface area contributed by atoms with Crippen LogP contribution < -0.4 is 9.80 Å². The van der Waals surface area contributed by atoms with Gasteiger partial charge in [0.15, 0.2) is 5.82 Å². The van der Waals surface area contributed by atoms with Crippen molar-refractivity contribution >= 4 is 46.1 Å². The van der Waals surface area contributed by atoms with Crippen LogP contribution in [0.25, 0.3) is 0 Å². The summed E-state index contributed by atoms with van der Waals surface area (Å²) in [5, 5.41) is 0. The number of carbonyl (C=O) groups is 2. The van der Waals surface area contributed by atoms with Gasteiger partial charge < -0.3 is 9.64 Å². The Bertz CT molecular complexity index is 598. The molecule has 0 fully saturated rings. The van der Waals surface area contributed by atoms with Crippen LogP contribution in [0.5, 0.6) is 0 Å². The molecule has 114 valence electrons. The lowest BCUT2D eigenvalue weighted by molar-refractivity contribution is -0.119. The van der Waals surface area contributed by atoms with Crippen molar-refractivity contribution in [1.29, 1.82) is 0 Å². The molecule has 2 rings (SSSR count). The van der Waals surface area contributed by atoms with Crippen LogP contribution in [0.3, 0.4) is 0 Å². The van der Waals surface area contributed by atoms with Gasteiger partial charge in [-0.2, -0.15) is 0 Å². The maximum Gasteiger partial charge on any atom is 0.416 e. The van der Waals surface area contributed by atoms with Gasteiger partial charge in [-0.25, -0.2) is 14.7 Å². The highest BCUT2D eigenvalue weighted by Crippen LogP contribution is 2.35. The summed E-state index contributed by atoms with van der Waals surface area (Å²) in [4.78, 5) is 32.0. The highest BCUT2D eigenvalue weighted by molar-refractivity contribution is 14.1. The zero-order valence-electron chi connectivity index (χ0n) is 12.7. The first-order chi connectivity index (χ1) is 9.61. The number of aromatic nitrogens is 1. The van der Waals surface area contributed by atoms with Gasteiger partial charge in [-0.3, -0.25) is 4.79 Å². The van der Waals surface area contributed by atoms with E-state index in [1.807, 2.05) is 0 Å². The highest BCUT2D eigenvalue weighted by Gasteiger charge is 2.40. The van der Waals surface area contributed by atoms with Crippen LogP contribution in [0, 0.1) is 3.70 Å². The quantitative estimate of drug-likeness (QED) is 0.494. The summed E-state index contributed by atoms with van der Waals surface area (Å²) in [6.07, 6.45) is -0.563. The summed E-state index contributed by atoms with van der Waals surface area (Å²) >= 11 is 2.07. The Labute approximate surface area is 137 Å². The minimum Gasteiger partial charge on any atom is -0.443 e. The molecule has 1 aliphatic rings. The van der Waals surface area contributed by atoms with Crippen molar-refractivity contribution in [3.63, 3.8) is 0 Å². The fourth-order valence-electron chi connectivity index (χ4n) is 2.11. The summed E-state index contributed by atoms with van der Waals surface area (Å²) in [6, 6.07) is 2.93. The number of anilines is 2. The van der Waals surface area contributed by atoms with Gasteiger partial charge in [0, 0.05) is 7.05 Å². The molecule has 1 aromatic rings. The number of hydrogen-bond donors (Lipinski definition) is 0. The molecule has 21 heavy (non-hydrogen) atoms. The van der Waals surface area contributed by atoms with E-state index in [1.54, 1.807) is 46.9 Å². The minimum atomic E-state index is -0.650. The number of amides is 2. The van der Waals surface area contributed by atoms with Gasteiger partial charge in [0.2, 0.25) is 5.91 Å². The van der Waals surface area contributed by atoms with E-state index in [0.29, 0.717) is 11.5 Å². The van der Waals surface area contributed by atoms with Gasteiger partial charge in [-0.15, -0.1) is 0 Å². The molecule has 0 bridgehead atoms. The molecule has 7 heteroatoms. The van der Waals surface area contributed by atoms with E-state index in [9.17, 15) is 9.59 Å². The molecule has 0 spiro atoms. The zero-order valence-corrected chi connectivity index (χ0v) is 14.8. The first-order valence-corrected chi connectivity index (χ1v) is 7.66. The molecule has 1 atom stereocenters. The van der Waals surface area contributed by atoms with Gasteiger partial charge in [0.1, 0.15) is 15.3 Å². The lowest BCUT2D eigenvalue weighted by atomic mass is 10.1. The van der Waals surface area contributed by atoms with E-state index < -0.39 is 17.7 Å². The molecule has 0 aliphatic carbocycles. The Hall–Kier alpha value is -1.38. The summed E-state index contributed by atoms with van der Waals surface area (Å²) < 4.78 is 6.15. The third-order valence-corrected chi connectivity index (χ3v) is 3.68. The average Bonchev–Trinajstić information content (AvgIpc) is 2.34. The molecule has 0 saturated carbocycles. The monoisotopic (exact) mass is 403 g/mol. The molecule has 1 aromatic heterocycles. The lowest BCUT2D eigenvalue weighted by Gasteiger charge is -2.38. The van der Waals surface area contributed by atoms with Gasteiger partial charge in [-0.05, 0) is 62.4 Å². The third-order valence-electron chi connectivity index (χ3n) is 3.08. The number of carbonyl (C=O) groups excluding carboxylic acids is 2.